The molecule has 2 rings (SSSR count). The Hall–Kier alpha value is -1.29. The van der Waals surface area contributed by atoms with Crippen molar-refractivity contribution in [1.29, 1.82) is 0 Å². The molecule has 0 aliphatic carbocycles. The third-order valence-corrected chi connectivity index (χ3v) is 4.03. The first-order valence-electron chi connectivity index (χ1n) is 6.35. The van der Waals surface area contributed by atoms with E-state index in [1.165, 1.54) is 19.3 Å². The lowest BCUT2D eigenvalue weighted by Gasteiger charge is -2.39. The lowest BCUT2D eigenvalue weighted by atomic mass is 9.78. The molecule has 4 heteroatoms. The van der Waals surface area contributed by atoms with Crippen LogP contribution in [0.5, 0.6) is 0 Å². The van der Waals surface area contributed by atoms with Gasteiger partial charge >= 0.3 is 0 Å². The van der Waals surface area contributed by atoms with Crippen molar-refractivity contribution in [3.05, 3.63) is 18.2 Å². The maximum atomic E-state index is 5.38. The molecule has 2 heterocycles. The fourth-order valence-electron chi connectivity index (χ4n) is 2.31. The Kier molecular flexibility index (Phi) is 3.52. The molecule has 0 saturated carbocycles. The van der Waals surface area contributed by atoms with E-state index in [1.54, 1.807) is 0 Å². The zero-order chi connectivity index (χ0) is 12.3. The summed E-state index contributed by atoms with van der Waals surface area (Å²) in [5, 5.41) is 0. The van der Waals surface area contributed by atoms with Crippen LogP contribution in [-0.2, 0) is 0 Å². The summed E-state index contributed by atoms with van der Waals surface area (Å²) in [7, 11) is 0. The van der Waals surface area contributed by atoms with Crippen LogP contribution in [0.25, 0.3) is 0 Å². The third kappa shape index (κ3) is 2.69. The van der Waals surface area contributed by atoms with E-state index < -0.39 is 0 Å². The smallest absolute Gasteiger partial charge is 0.142 e. The van der Waals surface area contributed by atoms with Crippen molar-refractivity contribution in [3.8, 4) is 0 Å². The second-order valence-corrected chi connectivity index (χ2v) is 5.18. The molecular weight excluding hydrogens is 212 g/mol. The molecule has 1 aliphatic heterocycles. The van der Waals surface area contributed by atoms with Gasteiger partial charge in [0.1, 0.15) is 11.6 Å². The van der Waals surface area contributed by atoms with E-state index in [0.29, 0.717) is 5.41 Å². The second kappa shape index (κ2) is 4.92. The van der Waals surface area contributed by atoms with E-state index in [-0.39, 0.29) is 0 Å². The molecule has 1 aromatic rings. The van der Waals surface area contributed by atoms with Gasteiger partial charge in [-0.25, -0.2) is 10.8 Å². The molecule has 1 aromatic heterocycles. The number of anilines is 2. The quantitative estimate of drug-likeness (QED) is 0.623. The number of hydrazine groups is 1. The molecule has 0 aromatic carbocycles. The molecule has 0 atom stereocenters. The Morgan fingerprint density at radius 1 is 1.41 bits per heavy atom. The Bertz CT molecular complexity index is 369. The van der Waals surface area contributed by atoms with Crippen molar-refractivity contribution in [2.45, 2.75) is 33.1 Å². The minimum Gasteiger partial charge on any atom is -0.357 e. The molecule has 1 fully saturated rings. The number of nitrogen functional groups attached to an aromatic ring is 1. The lowest BCUT2D eigenvalue weighted by molar-refractivity contribution is 0.238. The molecule has 1 aliphatic rings. The molecule has 17 heavy (non-hydrogen) atoms. The van der Waals surface area contributed by atoms with E-state index in [4.69, 9.17) is 5.84 Å². The summed E-state index contributed by atoms with van der Waals surface area (Å²) in [6.07, 6.45) is 3.75. The van der Waals surface area contributed by atoms with Gasteiger partial charge in [-0.1, -0.05) is 26.3 Å². The largest absolute Gasteiger partial charge is 0.357 e. The minimum atomic E-state index is 0.514. The standard InChI is InChI=1S/C13H22N4/c1-3-13(2)7-9-17(10-8-13)12-6-4-5-11(15-12)16-14/h4-6H,3,7-10,14H2,1-2H3,(H,15,16). The highest BCUT2D eigenvalue weighted by atomic mass is 15.3. The second-order valence-electron chi connectivity index (χ2n) is 5.18. The Labute approximate surface area is 103 Å². The molecule has 0 spiro atoms. The summed E-state index contributed by atoms with van der Waals surface area (Å²) in [5.41, 5.74) is 3.11. The summed E-state index contributed by atoms with van der Waals surface area (Å²) >= 11 is 0. The number of hydrogen-bond donors (Lipinski definition) is 2. The Morgan fingerprint density at radius 3 is 2.71 bits per heavy atom. The normalized spacial score (nSPS) is 19.1. The van der Waals surface area contributed by atoms with Crippen molar-refractivity contribution in [1.82, 2.24) is 4.98 Å². The fraction of sp³-hybridized carbons (Fsp3) is 0.615. The van der Waals surface area contributed by atoms with Crippen LogP contribution in [-0.4, -0.2) is 18.1 Å². The summed E-state index contributed by atoms with van der Waals surface area (Å²) in [6.45, 7) is 6.85. The number of pyridine rings is 1. The van der Waals surface area contributed by atoms with Gasteiger partial charge in [-0.15, -0.1) is 0 Å². The zero-order valence-corrected chi connectivity index (χ0v) is 10.7. The predicted octanol–water partition coefficient (Wildman–Crippen LogP) is 2.38. The fourth-order valence-corrected chi connectivity index (χ4v) is 2.31. The molecule has 3 N–H and O–H groups in total. The molecule has 0 amide bonds. The van der Waals surface area contributed by atoms with Crippen LogP contribution in [0.2, 0.25) is 0 Å². The number of nitrogens with zero attached hydrogens (tertiary/aromatic N) is 2. The molecule has 94 valence electrons. The summed E-state index contributed by atoms with van der Waals surface area (Å²) in [6, 6.07) is 5.92. The highest BCUT2D eigenvalue weighted by Gasteiger charge is 2.28. The van der Waals surface area contributed by atoms with Gasteiger partial charge in [0, 0.05) is 13.1 Å². The van der Waals surface area contributed by atoms with Crippen molar-refractivity contribution < 1.29 is 0 Å². The van der Waals surface area contributed by atoms with Crippen LogP contribution < -0.4 is 16.2 Å². The first-order chi connectivity index (χ1) is 8.17. The Morgan fingerprint density at radius 2 is 2.12 bits per heavy atom. The van der Waals surface area contributed by atoms with Gasteiger partial charge in [-0.2, -0.15) is 0 Å². The highest BCUT2D eigenvalue weighted by Crippen LogP contribution is 2.35. The van der Waals surface area contributed by atoms with Gasteiger partial charge in [-0.3, -0.25) is 0 Å². The third-order valence-electron chi connectivity index (χ3n) is 4.03. The van der Waals surface area contributed by atoms with Gasteiger partial charge < -0.3 is 10.3 Å². The number of piperidine rings is 1. The topological polar surface area (TPSA) is 54.2 Å². The van der Waals surface area contributed by atoms with E-state index >= 15 is 0 Å². The predicted molar refractivity (Wildman–Crippen MR) is 71.9 cm³/mol. The van der Waals surface area contributed by atoms with Crippen LogP contribution in [0, 0.1) is 5.41 Å². The molecule has 0 unspecified atom stereocenters. The van der Waals surface area contributed by atoms with E-state index in [9.17, 15) is 0 Å². The number of aromatic nitrogens is 1. The number of nitrogens with two attached hydrogens (primary N) is 1. The van der Waals surface area contributed by atoms with Gasteiger partial charge in [0.15, 0.2) is 0 Å². The minimum absolute atomic E-state index is 0.514. The van der Waals surface area contributed by atoms with Gasteiger partial charge in [-0.05, 0) is 30.4 Å². The van der Waals surface area contributed by atoms with Crippen LogP contribution in [0.1, 0.15) is 33.1 Å². The summed E-state index contributed by atoms with van der Waals surface area (Å²) < 4.78 is 0. The van der Waals surface area contributed by atoms with Crippen LogP contribution >= 0.6 is 0 Å². The first kappa shape index (κ1) is 12.2. The SMILES string of the molecule is CCC1(C)CCN(c2cccc(NN)n2)CC1. The van der Waals surface area contributed by atoms with Crippen LogP contribution in [0.3, 0.4) is 0 Å². The maximum Gasteiger partial charge on any atom is 0.142 e. The summed E-state index contributed by atoms with van der Waals surface area (Å²) in [4.78, 5) is 6.82. The summed E-state index contributed by atoms with van der Waals surface area (Å²) in [5.74, 6) is 7.14. The molecular formula is C13H22N4. The molecule has 0 radical (unpaired) electrons. The molecule has 4 nitrogen and oxygen atoms in total. The van der Waals surface area contributed by atoms with Gasteiger partial charge in [0.05, 0.1) is 0 Å². The molecule has 0 bridgehead atoms. The first-order valence-corrected chi connectivity index (χ1v) is 6.35. The number of nitrogens with one attached hydrogen (secondary N) is 1. The highest BCUT2D eigenvalue weighted by molar-refractivity contribution is 5.46. The van der Waals surface area contributed by atoms with Crippen LogP contribution in [0.15, 0.2) is 18.2 Å². The van der Waals surface area contributed by atoms with Crippen LogP contribution in [0.4, 0.5) is 11.6 Å². The zero-order valence-electron chi connectivity index (χ0n) is 10.7. The molecule has 1 saturated heterocycles. The van der Waals surface area contributed by atoms with E-state index in [0.717, 1.165) is 24.7 Å². The monoisotopic (exact) mass is 234 g/mol. The average Bonchev–Trinajstić information content (AvgIpc) is 2.40. The lowest BCUT2D eigenvalue weighted by Crippen LogP contribution is -2.38. The Balaban J connectivity index is 2.05. The van der Waals surface area contributed by atoms with E-state index in [1.807, 2.05) is 12.1 Å². The van der Waals surface area contributed by atoms with Crippen molar-refractivity contribution in [3.63, 3.8) is 0 Å². The van der Waals surface area contributed by atoms with Gasteiger partial charge in [0.2, 0.25) is 0 Å². The van der Waals surface area contributed by atoms with E-state index in [2.05, 4.69) is 35.2 Å². The van der Waals surface area contributed by atoms with Gasteiger partial charge in [0.25, 0.3) is 0 Å². The average molecular weight is 234 g/mol. The number of rotatable bonds is 3. The maximum absolute atomic E-state index is 5.38. The van der Waals surface area contributed by atoms with Crippen molar-refractivity contribution >= 4 is 11.6 Å². The number of hydrogen-bond acceptors (Lipinski definition) is 4. The van der Waals surface area contributed by atoms with Crippen molar-refractivity contribution in [2.24, 2.45) is 11.3 Å². The van der Waals surface area contributed by atoms with Crippen molar-refractivity contribution in [2.75, 3.05) is 23.4 Å².